The summed E-state index contributed by atoms with van der Waals surface area (Å²) in [6.45, 7) is 1.86. The number of benzene rings is 2. The Morgan fingerprint density at radius 2 is 1.68 bits per heavy atom. The Kier molecular flexibility index (Phi) is 7.33. The van der Waals surface area contributed by atoms with Crippen LogP contribution in [0.2, 0.25) is 0 Å². The lowest BCUT2D eigenvalue weighted by Crippen LogP contribution is -2.41. The molecule has 34 heavy (non-hydrogen) atoms. The first-order chi connectivity index (χ1) is 16.3. The first kappa shape index (κ1) is 24.0. The third-order valence-electron chi connectivity index (χ3n) is 6.17. The number of sulfonamides is 1. The molecular weight excluding hydrogens is 455 g/mol. The fourth-order valence-corrected chi connectivity index (χ4v) is 5.48. The van der Waals surface area contributed by atoms with Crippen molar-refractivity contribution in [1.82, 2.24) is 20.0 Å². The second-order valence-corrected chi connectivity index (χ2v) is 10.3. The van der Waals surface area contributed by atoms with Gasteiger partial charge in [-0.05, 0) is 62.4 Å². The van der Waals surface area contributed by atoms with E-state index in [1.807, 2.05) is 6.92 Å². The number of rotatable bonds is 7. The Balaban J connectivity index is 1.30. The predicted octanol–water partition coefficient (Wildman–Crippen LogP) is 4.00. The highest BCUT2D eigenvalue weighted by atomic mass is 32.2. The maximum Gasteiger partial charge on any atom is 0.240 e. The van der Waals surface area contributed by atoms with Gasteiger partial charge >= 0.3 is 0 Å². The number of nitrogens with zero attached hydrogens (tertiary/aromatic N) is 2. The molecule has 0 saturated heterocycles. The van der Waals surface area contributed by atoms with Crippen LogP contribution in [0.4, 0.5) is 4.39 Å². The van der Waals surface area contributed by atoms with E-state index in [1.165, 1.54) is 12.1 Å². The Labute approximate surface area is 198 Å². The minimum Gasteiger partial charge on any atom is -0.349 e. The zero-order chi connectivity index (χ0) is 24.1. The number of halogens is 1. The van der Waals surface area contributed by atoms with Crippen LogP contribution in [0, 0.1) is 11.7 Å². The van der Waals surface area contributed by atoms with E-state index in [-0.39, 0.29) is 34.6 Å². The molecule has 1 aliphatic carbocycles. The van der Waals surface area contributed by atoms with Gasteiger partial charge in [0.1, 0.15) is 5.82 Å². The summed E-state index contributed by atoms with van der Waals surface area (Å²) in [7, 11) is -3.67. The Hall–Kier alpha value is -3.17. The minimum absolute atomic E-state index is 0.0577. The minimum atomic E-state index is -3.67. The summed E-state index contributed by atoms with van der Waals surface area (Å²) in [6.07, 6.45) is 7.15. The molecule has 0 aliphatic heterocycles. The van der Waals surface area contributed by atoms with Gasteiger partial charge < -0.3 is 5.32 Å². The number of carbonyl (C=O) groups excluding carboxylic acids is 1. The predicted molar refractivity (Wildman–Crippen MR) is 126 cm³/mol. The highest BCUT2D eigenvalue weighted by Crippen LogP contribution is 2.27. The Morgan fingerprint density at radius 3 is 2.29 bits per heavy atom. The van der Waals surface area contributed by atoms with Crippen molar-refractivity contribution >= 4 is 15.9 Å². The molecule has 0 radical (unpaired) electrons. The van der Waals surface area contributed by atoms with Crippen molar-refractivity contribution in [3.8, 4) is 11.3 Å². The molecule has 0 bridgehead atoms. The first-order valence-electron chi connectivity index (χ1n) is 11.3. The molecular formula is C25H27FN4O3S. The van der Waals surface area contributed by atoms with Crippen LogP contribution < -0.4 is 10.0 Å². The number of carbonyl (C=O) groups is 1. The van der Waals surface area contributed by atoms with Gasteiger partial charge in [0, 0.05) is 29.9 Å². The van der Waals surface area contributed by atoms with Crippen LogP contribution in [0.1, 0.15) is 44.2 Å². The van der Waals surface area contributed by atoms with Gasteiger partial charge in [-0.3, -0.25) is 14.8 Å². The van der Waals surface area contributed by atoms with Crippen molar-refractivity contribution < 1.29 is 17.6 Å². The highest BCUT2D eigenvalue weighted by Gasteiger charge is 2.29. The van der Waals surface area contributed by atoms with E-state index in [0.717, 1.165) is 11.1 Å². The second kappa shape index (κ2) is 10.4. The van der Waals surface area contributed by atoms with Crippen molar-refractivity contribution in [3.63, 3.8) is 0 Å². The van der Waals surface area contributed by atoms with Crippen LogP contribution in [-0.4, -0.2) is 30.3 Å². The number of amides is 1. The van der Waals surface area contributed by atoms with Crippen LogP contribution in [0.3, 0.4) is 0 Å². The summed E-state index contributed by atoms with van der Waals surface area (Å²) in [6, 6.07) is 12.2. The van der Waals surface area contributed by atoms with E-state index in [0.29, 0.717) is 31.4 Å². The van der Waals surface area contributed by atoms with Crippen LogP contribution in [-0.2, 0) is 14.8 Å². The summed E-state index contributed by atoms with van der Waals surface area (Å²) in [5, 5.41) is 2.98. The molecule has 2 aromatic carbocycles. The van der Waals surface area contributed by atoms with Gasteiger partial charge in [0.2, 0.25) is 15.9 Å². The fourth-order valence-electron chi connectivity index (χ4n) is 4.18. The normalized spacial score (nSPS) is 19.4. The molecule has 1 unspecified atom stereocenters. The van der Waals surface area contributed by atoms with Gasteiger partial charge in [0.15, 0.2) is 0 Å². The number of hydrogen-bond acceptors (Lipinski definition) is 5. The van der Waals surface area contributed by atoms with Crippen molar-refractivity contribution in [2.24, 2.45) is 5.92 Å². The molecule has 178 valence electrons. The van der Waals surface area contributed by atoms with Crippen LogP contribution in [0.5, 0.6) is 0 Å². The van der Waals surface area contributed by atoms with Gasteiger partial charge in [-0.1, -0.05) is 24.3 Å². The summed E-state index contributed by atoms with van der Waals surface area (Å²) >= 11 is 0. The van der Waals surface area contributed by atoms with Gasteiger partial charge in [0.25, 0.3) is 0 Å². The van der Waals surface area contributed by atoms with Crippen molar-refractivity contribution in [3.05, 3.63) is 78.5 Å². The van der Waals surface area contributed by atoms with E-state index in [4.69, 9.17) is 0 Å². The molecule has 9 heteroatoms. The van der Waals surface area contributed by atoms with Crippen molar-refractivity contribution in [1.29, 1.82) is 0 Å². The molecule has 7 nitrogen and oxygen atoms in total. The first-order valence-corrected chi connectivity index (χ1v) is 12.7. The van der Waals surface area contributed by atoms with E-state index >= 15 is 0 Å². The summed E-state index contributed by atoms with van der Waals surface area (Å²) < 4.78 is 41.6. The Morgan fingerprint density at radius 1 is 1.00 bits per heavy atom. The van der Waals surface area contributed by atoms with Gasteiger partial charge in [-0.15, -0.1) is 0 Å². The Bertz CT molecular complexity index is 1210. The van der Waals surface area contributed by atoms with Crippen LogP contribution in [0.15, 0.2) is 72.0 Å². The lowest BCUT2D eigenvalue weighted by molar-refractivity contribution is -0.126. The van der Waals surface area contributed by atoms with Gasteiger partial charge in [-0.2, -0.15) is 0 Å². The molecule has 3 aromatic rings. The topological polar surface area (TPSA) is 101 Å². The van der Waals surface area contributed by atoms with Gasteiger partial charge in [-0.25, -0.2) is 17.5 Å². The van der Waals surface area contributed by atoms with E-state index in [2.05, 4.69) is 20.0 Å². The number of hydrogen-bond donors (Lipinski definition) is 2. The molecule has 1 aromatic heterocycles. The van der Waals surface area contributed by atoms with Gasteiger partial charge in [0.05, 0.1) is 22.8 Å². The van der Waals surface area contributed by atoms with E-state index in [1.54, 1.807) is 55.0 Å². The summed E-state index contributed by atoms with van der Waals surface area (Å²) in [4.78, 5) is 21.1. The highest BCUT2D eigenvalue weighted by molar-refractivity contribution is 7.89. The third kappa shape index (κ3) is 5.84. The second-order valence-electron chi connectivity index (χ2n) is 8.57. The van der Waals surface area contributed by atoms with E-state index in [9.17, 15) is 17.6 Å². The SMILES string of the molecule is CC(NC(=O)C1CCC(NS(=O)(=O)c2ccc(-c3cnccn3)cc2)CC1)c1ccc(F)cc1. The fraction of sp³-hybridized carbons (Fsp3) is 0.320. The zero-order valence-electron chi connectivity index (χ0n) is 18.8. The summed E-state index contributed by atoms with van der Waals surface area (Å²) in [5.74, 6) is -0.544. The standard InChI is InChI=1S/C25H27FN4O3S/c1-17(18-2-8-21(26)9-3-18)29-25(31)20-4-10-22(11-5-20)30-34(32,33)23-12-6-19(7-13-23)24-16-27-14-15-28-24/h2-3,6-9,12-17,20,22,30H,4-5,10-11H2,1H3,(H,29,31). The average molecular weight is 483 g/mol. The molecule has 1 saturated carbocycles. The smallest absolute Gasteiger partial charge is 0.240 e. The molecule has 1 atom stereocenters. The average Bonchev–Trinajstić information content (AvgIpc) is 2.85. The van der Waals surface area contributed by atoms with E-state index < -0.39 is 10.0 Å². The third-order valence-corrected chi connectivity index (χ3v) is 7.71. The zero-order valence-corrected chi connectivity index (χ0v) is 19.6. The van der Waals surface area contributed by atoms with Crippen LogP contribution >= 0.6 is 0 Å². The molecule has 2 N–H and O–H groups in total. The number of nitrogens with one attached hydrogen (secondary N) is 2. The molecule has 4 rings (SSSR count). The lowest BCUT2D eigenvalue weighted by atomic mass is 9.85. The lowest BCUT2D eigenvalue weighted by Gasteiger charge is -2.29. The molecule has 0 spiro atoms. The molecule has 1 fully saturated rings. The monoisotopic (exact) mass is 482 g/mol. The maximum absolute atomic E-state index is 13.1. The van der Waals surface area contributed by atoms with Crippen LogP contribution in [0.25, 0.3) is 11.3 Å². The largest absolute Gasteiger partial charge is 0.349 e. The maximum atomic E-state index is 13.1. The quantitative estimate of drug-likeness (QED) is 0.530. The molecule has 1 amide bonds. The number of aromatic nitrogens is 2. The molecule has 1 heterocycles. The van der Waals surface area contributed by atoms with Crippen molar-refractivity contribution in [2.75, 3.05) is 0 Å². The van der Waals surface area contributed by atoms with Crippen molar-refractivity contribution in [2.45, 2.75) is 49.6 Å². The molecule has 1 aliphatic rings. The summed E-state index contributed by atoms with van der Waals surface area (Å²) in [5.41, 5.74) is 2.29.